The maximum atomic E-state index is 5.43. The summed E-state index contributed by atoms with van der Waals surface area (Å²) < 4.78 is 5.43. The van der Waals surface area contributed by atoms with Crippen LogP contribution in [0.5, 0.6) is 5.75 Å². The molecule has 1 aromatic rings. The van der Waals surface area contributed by atoms with Gasteiger partial charge in [-0.05, 0) is 52.0 Å². The van der Waals surface area contributed by atoms with E-state index in [-0.39, 0.29) is 5.54 Å². The summed E-state index contributed by atoms with van der Waals surface area (Å²) in [6.45, 7) is 8.83. The van der Waals surface area contributed by atoms with E-state index in [1.54, 1.807) is 0 Å². The average molecular weight is 252 g/mol. The molecule has 1 aromatic carbocycles. The normalized spacial score (nSPS) is 10.8. The first kappa shape index (κ1) is 13.8. The van der Waals surface area contributed by atoms with Gasteiger partial charge in [-0.2, -0.15) is 0 Å². The Morgan fingerprint density at radius 1 is 1.35 bits per heavy atom. The predicted molar refractivity (Wildman–Crippen MR) is 76.7 cm³/mol. The van der Waals surface area contributed by atoms with Gasteiger partial charge in [-0.25, -0.2) is 0 Å². The van der Waals surface area contributed by atoms with Crippen LogP contribution in [0.2, 0.25) is 0 Å². The van der Waals surface area contributed by atoms with E-state index in [0.717, 1.165) is 11.4 Å². The second-order valence-corrected chi connectivity index (χ2v) is 5.20. The minimum absolute atomic E-state index is 0.0401. The number of ether oxygens (including phenoxy) is 1. The summed E-state index contributed by atoms with van der Waals surface area (Å²) in [5, 5.41) is 6.95. The lowest BCUT2D eigenvalue weighted by atomic mass is 10.1. The van der Waals surface area contributed by atoms with E-state index < -0.39 is 0 Å². The zero-order valence-corrected chi connectivity index (χ0v) is 11.6. The van der Waals surface area contributed by atoms with Gasteiger partial charge in [-0.3, -0.25) is 0 Å². The molecule has 0 spiro atoms. The van der Waals surface area contributed by atoms with Crippen LogP contribution < -0.4 is 15.4 Å². The number of nitrogens with one attached hydrogen (secondary N) is 2. The van der Waals surface area contributed by atoms with E-state index in [2.05, 4.69) is 31.4 Å². The van der Waals surface area contributed by atoms with Crippen molar-refractivity contribution in [1.82, 2.24) is 5.32 Å². The zero-order valence-electron chi connectivity index (χ0n) is 10.8. The summed E-state index contributed by atoms with van der Waals surface area (Å²) in [7, 11) is 0. The van der Waals surface area contributed by atoms with Crippen molar-refractivity contribution in [2.24, 2.45) is 0 Å². The second kappa shape index (κ2) is 5.87. The highest BCUT2D eigenvalue weighted by Crippen LogP contribution is 2.17. The molecule has 0 unspecified atom stereocenters. The fourth-order valence-corrected chi connectivity index (χ4v) is 1.76. The summed E-state index contributed by atoms with van der Waals surface area (Å²) in [5.74, 6) is 0.844. The van der Waals surface area contributed by atoms with Crippen molar-refractivity contribution < 1.29 is 4.74 Å². The molecule has 0 heterocycles. The molecule has 17 heavy (non-hydrogen) atoms. The predicted octanol–water partition coefficient (Wildman–Crippen LogP) is 3.17. The smallest absolute Gasteiger partial charge is 0.171 e. The van der Waals surface area contributed by atoms with Gasteiger partial charge in [0.1, 0.15) is 5.75 Å². The Morgan fingerprint density at radius 2 is 2.06 bits per heavy atom. The minimum Gasteiger partial charge on any atom is -0.494 e. The van der Waals surface area contributed by atoms with Crippen molar-refractivity contribution in [3.8, 4) is 5.75 Å². The standard InChI is InChI=1S/C13H20N2OS/c1-5-16-11-8-6-7-10(9-11)14-12(17)15-13(2,3)4/h6-9H,5H2,1-4H3,(H2,14,15,17). The van der Waals surface area contributed by atoms with Gasteiger partial charge in [0.15, 0.2) is 5.11 Å². The third-order valence-electron chi connectivity index (χ3n) is 1.89. The Morgan fingerprint density at radius 3 is 2.65 bits per heavy atom. The number of hydrogen-bond acceptors (Lipinski definition) is 2. The molecule has 0 atom stereocenters. The zero-order chi connectivity index (χ0) is 12.9. The summed E-state index contributed by atoms with van der Waals surface area (Å²) in [5.41, 5.74) is 0.888. The van der Waals surface area contributed by atoms with Crippen molar-refractivity contribution in [3.05, 3.63) is 24.3 Å². The van der Waals surface area contributed by atoms with Crippen LogP contribution >= 0.6 is 12.2 Å². The number of hydrogen-bond donors (Lipinski definition) is 2. The summed E-state index contributed by atoms with van der Waals surface area (Å²) in [6, 6.07) is 7.75. The molecule has 0 amide bonds. The van der Waals surface area contributed by atoms with Crippen molar-refractivity contribution >= 4 is 23.0 Å². The topological polar surface area (TPSA) is 33.3 Å². The van der Waals surface area contributed by atoms with Crippen LogP contribution in [0.15, 0.2) is 24.3 Å². The average Bonchev–Trinajstić information content (AvgIpc) is 2.15. The molecule has 0 bridgehead atoms. The molecule has 0 saturated heterocycles. The molecule has 0 fully saturated rings. The van der Waals surface area contributed by atoms with Gasteiger partial charge < -0.3 is 15.4 Å². The highest BCUT2D eigenvalue weighted by molar-refractivity contribution is 7.80. The fraction of sp³-hybridized carbons (Fsp3) is 0.462. The highest BCUT2D eigenvalue weighted by atomic mass is 32.1. The van der Waals surface area contributed by atoms with Crippen molar-refractivity contribution in [1.29, 1.82) is 0 Å². The van der Waals surface area contributed by atoms with Crippen molar-refractivity contribution in [3.63, 3.8) is 0 Å². The molecule has 0 aromatic heterocycles. The van der Waals surface area contributed by atoms with Crippen LogP contribution in [0.4, 0.5) is 5.69 Å². The van der Waals surface area contributed by atoms with Gasteiger partial charge in [0.25, 0.3) is 0 Å². The molecule has 94 valence electrons. The molecule has 0 aliphatic carbocycles. The second-order valence-electron chi connectivity index (χ2n) is 4.79. The first-order valence-electron chi connectivity index (χ1n) is 5.73. The largest absolute Gasteiger partial charge is 0.494 e. The first-order chi connectivity index (χ1) is 7.90. The molecule has 4 heteroatoms. The monoisotopic (exact) mass is 252 g/mol. The van der Waals surface area contributed by atoms with E-state index in [1.807, 2.05) is 31.2 Å². The van der Waals surface area contributed by atoms with Gasteiger partial charge in [-0.1, -0.05) is 6.07 Å². The molecular weight excluding hydrogens is 232 g/mol. The lowest BCUT2D eigenvalue weighted by molar-refractivity contribution is 0.340. The van der Waals surface area contributed by atoms with Crippen LogP contribution in [0.1, 0.15) is 27.7 Å². The Balaban J connectivity index is 2.62. The summed E-state index contributed by atoms with van der Waals surface area (Å²) in [4.78, 5) is 0. The number of rotatable bonds is 3. The third kappa shape index (κ3) is 5.54. The quantitative estimate of drug-likeness (QED) is 0.810. The first-order valence-corrected chi connectivity index (χ1v) is 6.13. The van der Waals surface area contributed by atoms with E-state index in [9.17, 15) is 0 Å². The van der Waals surface area contributed by atoms with Crippen LogP contribution in [0.3, 0.4) is 0 Å². The molecule has 1 rings (SSSR count). The lowest BCUT2D eigenvalue weighted by Crippen LogP contribution is -2.42. The Kier molecular flexibility index (Phi) is 4.75. The van der Waals surface area contributed by atoms with Crippen LogP contribution in [0, 0.1) is 0 Å². The molecular formula is C13H20N2OS. The molecule has 0 radical (unpaired) electrons. The van der Waals surface area contributed by atoms with E-state index in [0.29, 0.717) is 11.7 Å². The minimum atomic E-state index is -0.0401. The van der Waals surface area contributed by atoms with Crippen LogP contribution in [0.25, 0.3) is 0 Å². The van der Waals surface area contributed by atoms with Crippen LogP contribution in [-0.2, 0) is 0 Å². The number of benzene rings is 1. The molecule has 0 aliphatic heterocycles. The van der Waals surface area contributed by atoms with E-state index in [4.69, 9.17) is 17.0 Å². The summed E-state index contributed by atoms with van der Waals surface area (Å²) in [6.07, 6.45) is 0. The Labute approximate surface area is 109 Å². The maximum Gasteiger partial charge on any atom is 0.171 e. The molecule has 3 nitrogen and oxygen atoms in total. The van der Waals surface area contributed by atoms with Gasteiger partial charge in [0.2, 0.25) is 0 Å². The molecule has 0 saturated carbocycles. The van der Waals surface area contributed by atoms with Crippen molar-refractivity contribution in [2.75, 3.05) is 11.9 Å². The molecule has 0 aliphatic rings. The summed E-state index contributed by atoms with van der Waals surface area (Å²) >= 11 is 5.23. The number of anilines is 1. The lowest BCUT2D eigenvalue weighted by Gasteiger charge is -2.23. The number of thiocarbonyl (C=S) groups is 1. The SMILES string of the molecule is CCOc1cccc(NC(=S)NC(C)(C)C)c1. The van der Waals surface area contributed by atoms with Gasteiger partial charge in [0.05, 0.1) is 6.61 Å². The molecule has 2 N–H and O–H groups in total. The third-order valence-corrected chi connectivity index (χ3v) is 2.10. The Bertz CT molecular complexity index is 385. The van der Waals surface area contributed by atoms with Gasteiger partial charge in [-0.15, -0.1) is 0 Å². The van der Waals surface area contributed by atoms with Gasteiger partial charge >= 0.3 is 0 Å². The van der Waals surface area contributed by atoms with Gasteiger partial charge in [0, 0.05) is 17.3 Å². The van der Waals surface area contributed by atoms with E-state index in [1.165, 1.54) is 0 Å². The Hall–Kier alpha value is -1.29. The van der Waals surface area contributed by atoms with Crippen LogP contribution in [-0.4, -0.2) is 17.3 Å². The highest BCUT2D eigenvalue weighted by Gasteiger charge is 2.10. The fourth-order valence-electron chi connectivity index (χ4n) is 1.33. The van der Waals surface area contributed by atoms with E-state index >= 15 is 0 Å². The maximum absolute atomic E-state index is 5.43. The van der Waals surface area contributed by atoms with Crippen molar-refractivity contribution in [2.45, 2.75) is 33.2 Å².